The summed E-state index contributed by atoms with van der Waals surface area (Å²) in [5.74, 6) is 0. The number of para-hydroxylation sites is 1. The van der Waals surface area contributed by atoms with Crippen molar-refractivity contribution in [3.63, 3.8) is 0 Å². The number of hydrogen-bond donors (Lipinski definition) is 1. The first-order valence-electron chi connectivity index (χ1n) is 7.42. The highest BCUT2D eigenvalue weighted by molar-refractivity contribution is 5.55. The summed E-state index contributed by atoms with van der Waals surface area (Å²) in [5, 5.41) is 10.1. The van der Waals surface area contributed by atoms with Gasteiger partial charge in [-0.3, -0.25) is 0 Å². The van der Waals surface area contributed by atoms with E-state index in [0.717, 1.165) is 51.1 Å². The van der Waals surface area contributed by atoms with Gasteiger partial charge in [-0.05, 0) is 25.3 Å². The van der Waals surface area contributed by atoms with Crippen molar-refractivity contribution in [2.75, 3.05) is 31.2 Å². The number of fused-ring (bicyclic) bond motifs is 1. The van der Waals surface area contributed by atoms with Gasteiger partial charge in [0.05, 0.1) is 12.7 Å². The molecule has 106 valence electrons. The number of ether oxygens (including phenoxy) is 1. The maximum Gasteiger partial charge on any atom is 0.0810 e. The molecular formula is C16H25NO2. The minimum atomic E-state index is -0.317. The van der Waals surface area contributed by atoms with Gasteiger partial charge in [-0.25, -0.2) is 0 Å². The van der Waals surface area contributed by atoms with Crippen LogP contribution in [0.3, 0.4) is 0 Å². The van der Waals surface area contributed by atoms with Crippen molar-refractivity contribution in [1.82, 2.24) is 0 Å². The highest BCUT2D eigenvalue weighted by atomic mass is 16.5. The van der Waals surface area contributed by atoms with Gasteiger partial charge in [0.1, 0.15) is 0 Å². The Hall–Kier alpha value is -1.06. The number of unbranched alkanes of at least 4 members (excludes halogenated alkanes) is 1. The second-order valence-electron chi connectivity index (χ2n) is 5.17. The van der Waals surface area contributed by atoms with Crippen LogP contribution < -0.4 is 4.90 Å². The van der Waals surface area contributed by atoms with Crippen LogP contribution >= 0.6 is 0 Å². The lowest BCUT2D eigenvalue weighted by molar-refractivity contribution is 0.137. The van der Waals surface area contributed by atoms with Crippen LogP contribution in [0.25, 0.3) is 0 Å². The molecular weight excluding hydrogens is 238 g/mol. The third-order valence-electron chi connectivity index (χ3n) is 3.69. The Labute approximate surface area is 116 Å². The van der Waals surface area contributed by atoms with E-state index in [4.69, 9.17) is 4.74 Å². The van der Waals surface area contributed by atoms with Crippen molar-refractivity contribution in [3.8, 4) is 0 Å². The normalized spacial score (nSPS) is 19.1. The van der Waals surface area contributed by atoms with E-state index < -0.39 is 0 Å². The lowest BCUT2D eigenvalue weighted by Gasteiger charge is -2.25. The zero-order valence-corrected chi connectivity index (χ0v) is 11.8. The minimum absolute atomic E-state index is 0.317. The highest BCUT2D eigenvalue weighted by Crippen LogP contribution is 2.32. The number of nitrogens with zero attached hydrogens (tertiary/aromatic N) is 1. The van der Waals surface area contributed by atoms with Gasteiger partial charge in [-0.2, -0.15) is 0 Å². The van der Waals surface area contributed by atoms with E-state index in [1.807, 2.05) is 18.2 Å². The highest BCUT2D eigenvalue weighted by Gasteiger charge is 2.20. The molecule has 0 radical (unpaired) electrons. The van der Waals surface area contributed by atoms with E-state index in [9.17, 15) is 5.11 Å². The van der Waals surface area contributed by atoms with Crippen molar-refractivity contribution >= 4 is 5.69 Å². The summed E-state index contributed by atoms with van der Waals surface area (Å²) < 4.78 is 5.66. The molecule has 1 aromatic carbocycles. The predicted molar refractivity (Wildman–Crippen MR) is 78.6 cm³/mol. The van der Waals surface area contributed by atoms with Crippen molar-refractivity contribution in [2.45, 2.75) is 38.7 Å². The fourth-order valence-electron chi connectivity index (χ4n) is 2.56. The average Bonchev–Trinajstić information content (AvgIpc) is 2.59. The van der Waals surface area contributed by atoms with Gasteiger partial charge in [0.15, 0.2) is 0 Å². The standard InChI is InChI=1S/C16H25NO2/c1-2-3-12-19-13-11-17-10-6-9-16(18)14-7-4-5-8-15(14)17/h4-5,7-8,16,18H,2-3,6,9-13H2,1H3. The average molecular weight is 263 g/mol. The fraction of sp³-hybridized carbons (Fsp3) is 0.625. The summed E-state index contributed by atoms with van der Waals surface area (Å²) in [4.78, 5) is 2.34. The maximum atomic E-state index is 10.1. The van der Waals surface area contributed by atoms with Crippen LogP contribution in [-0.4, -0.2) is 31.4 Å². The Morgan fingerprint density at radius 2 is 2.16 bits per heavy atom. The topological polar surface area (TPSA) is 32.7 Å². The van der Waals surface area contributed by atoms with Crippen molar-refractivity contribution in [2.24, 2.45) is 0 Å². The van der Waals surface area contributed by atoms with E-state index in [1.165, 1.54) is 12.1 Å². The lowest BCUT2D eigenvalue weighted by atomic mass is 10.0. The van der Waals surface area contributed by atoms with Gasteiger partial charge in [-0.1, -0.05) is 31.5 Å². The van der Waals surface area contributed by atoms with E-state index in [0.29, 0.717) is 0 Å². The molecule has 1 aliphatic heterocycles. The van der Waals surface area contributed by atoms with Crippen LogP contribution in [0.15, 0.2) is 24.3 Å². The summed E-state index contributed by atoms with van der Waals surface area (Å²) in [5.41, 5.74) is 2.24. The molecule has 1 unspecified atom stereocenters. The van der Waals surface area contributed by atoms with Gasteiger partial charge in [-0.15, -0.1) is 0 Å². The van der Waals surface area contributed by atoms with E-state index in [2.05, 4.69) is 17.9 Å². The molecule has 0 amide bonds. The zero-order chi connectivity index (χ0) is 13.5. The Morgan fingerprint density at radius 3 is 3.00 bits per heavy atom. The monoisotopic (exact) mass is 263 g/mol. The molecule has 1 aromatic rings. The molecule has 2 rings (SSSR count). The summed E-state index contributed by atoms with van der Waals surface area (Å²) in [6.07, 6.45) is 3.88. The van der Waals surface area contributed by atoms with Crippen LogP contribution in [0.2, 0.25) is 0 Å². The Morgan fingerprint density at radius 1 is 1.32 bits per heavy atom. The van der Waals surface area contributed by atoms with E-state index in [1.54, 1.807) is 0 Å². The Kier molecular flexibility index (Phi) is 5.67. The van der Waals surface area contributed by atoms with Crippen molar-refractivity contribution in [1.29, 1.82) is 0 Å². The number of benzene rings is 1. The maximum absolute atomic E-state index is 10.1. The number of rotatable bonds is 6. The second-order valence-corrected chi connectivity index (χ2v) is 5.17. The molecule has 0 fully saturated rings. The lowest BCUT2D eigenvalue weighted by Crippen LogP contribution is -2.28. The molecule has 0 spiro atoms. The number of aliphatic hydroxyl groups is 1. The van der Waals surface area contributed by atoms with Gasteiger partial charge < -0.3 is 14.7 Å². The first-order valence-corrected chi connectivity index (χ1v) is 7.42. The molecule has 3 nitrogen and oxygen atoms in total. The SMILES string of the molecule is CCCCOCCN1CCCC(O)c2ccccc21. The van der Waals surface area contributed by atoms with Crippen molar-refractivity contribution < 1.29 is 9.84 Å². The molecule has 0 aromatic heterocycles. The van der Waals surface area contributed by atoms with Crippen LogP contribution in [0, 0.1) is 0 Å². The van der Waals surface area contributed by atoms with Crippen LogP contribution in [0.4, 0.5) is 5.69 Å². The van der Waals surface area contributed by atoms with Crippen LogP contribution in [-0.2, 0) is 4.74 Å². The van der Waals surface area contributed by atoms with Crippen LogP contribution in [0.1, 0.15) is 44.3 Å². The molecule has 0 saturated heterocycles. The number of hydrogen-bond acceptors (Lipinski definition) is 3. The summed E-state index contributed by atoms with van der Waals surface area (Å²) >= 11 is 0. The third-order valence-corrected chi connectivity index (χ3v) is 3.69. The van der Waals surface area contributed by atoms with Crippen LogP contribution in [0.5, 0.6) is 0 Å². The smallest absolute Gasteiger partial charge is 0.0810 e. The predicted octanol–water partition coefficient (Wildman–Crippen LogP) is 3.14. The Balaban J connectivity index is 1.94. The molecule has 19 heavy (non-hydrogen) atoms. The van der Waals surface area contributed by atoms with Gasteiger partial charge in [0, 0.05) is 30.9 Å². The largest absolute Gasteiger partial charge is 0.388 e. The molecule has 0 saturated carbocycles. The molecule has 3 heteroatoms. The second kappa shape index (κ2) is 7.51. The molecule has 0 bridgehead atoms. The first kappa shape index (κ1) is 14.4. The van der Waals surface area contributed by atoms with Gasteiger partial charge in [0.25, 0.3) is 0 Å². The number of anilines is 1. The fourth-order valence-corrected chi connectivity index (χ4v) is 2.56. The molecule has 0 aliphatic carbocycles. The first-order chi connectivity index (χ1) is 9.33. The quantitative estimate of drug-likeness (QED) is 0.800. The third kappa shape index (κ3) is 3.95. The number of aliphatic hydroxyl groups excluding tert-OH is 1. The molecule has 1 atom stereocenters. The van der Waals surface area contributed by atoms with Gasteiger partial charge in [0.2, 0.25) is 0 Å². The minimum Gasteiger partial charge on any atom is -0.388 e. The van der Waals surface area contributed by atoms with Gasteiger partial charge >= 0.3 is 0 Å². The molecule has 1 aliphatic rings. The Bertz CT molecular complexity index is 381. The molecule has 1 heterocycles. The van der Waals surface area contributed by atoms with E-state index >= 15 is 0 Å². The summed E-state index contributed by atoms with van der Waals surface area (Å²) in [6.45, 7) is 5.72. The summed E-state index contributed by atoms with van der Waals surface area (Å²) in [7, 11) is 0. The van der Waals surface area contributed by atoms with Crippen molar-refractivity contribution in [3.05, 3.63) is 29.8 Å². The molecule has 1 N–H and O–H groups in total. The summed E-state index contributed by atoms with van der Waals surface area (Å²) in [6, 6.07) is 8.19. The zero-order valence-electron chi connectivity index (χ0n) is 11.8. The van der Waals surface area contributed by atoms with E-state index in [-0.39, 0.29) is 6.10 Å².